The molecule has 3 aromatic rings. The Balaban J connectivity index is 1.59. The van der Waals surface area contributed by atoms with E-state index < -0.39 is 6.04 Å². The number of nitrogens with zero attached hydrogens (tertiary/aromatic N) is 1. The van der Waals surface area contributed by atoms with Crippen LogP contribution in [0.3, 0.4) is 0 Å². The van der Waals surface area contributed by atoms with E-state index in [9.17, 15) is 18.8 Å². The molecule has 0 aromatic heterocycles. The van der Waals surface area contributed by atoms with E-state index in [0.29, 0.717) is 28.9 Å². The number of hydrogen-bond donors (Lipinski definition) is 1. The molecule has 1 N–H and O–H groups in total. The van der Waals surface area contributed by atoms with Gasteiger partial charge >= 0.3 is 0 Å². The van der Waals surface area contributed by atoms with Gasteiger partial charge in [-0.2, -0.15) is 0 Å². The van der Waals surface area contributed by atoms with Crippen molar-refractivity contribution in [3.63, 3.8) is 0 Å². The van der Waals surface area contributed by atoms with Gasteiger partial charge in [0.15, 0.2) is 5.78 Å². The molecule has 1 aliphatic rings. The molecule has 1 atom stereocenters. The van der Waals surface area contributed by atoms with Crippen molar-refractivity contribution in [3.05, 3.63) is 101 Å². The lowest BCUT2D eigenvalue weighted by molar-refractivity contribution is -0.117. The molecule has 31 heavy (non-hydrogen) atoms. The second-order valence-corrected chi connectivity index (χ2v) is 7.55. The highest BCUT2D eigenvalue weighted by atomic mass is 19.1. The third kappa shape index (κ3) is 4.38. The van der Waals surface area contributed by atoms with Crippen LogP contribution in [0.1, 0.15) is 51.2 Å². The first-order chi connectivity index (χ1) is 14.9. The molecule has 0 bridgehead atoms. The van der Waals surface area contributed by atoms with E-state index in [1.165, 1.54) is 19.1 Å². The number of hydrogen-bond acceptors (Lipinski definition) is 3. The van der Waals surface area contributed by atoms with Gasteiger partial charge in [-0.05, 0) is 48.4 Å². The first kappa shape index (κ1) is 20.5. The third-order valence-electron chi connectivity index (χ3n) is 5.41. The SMILES string of the molecule is CC(=O)c1cccc(NC(=O)C[C@H](c2ccc(F)cc2)N2Cc3ccccc3C2=O)c1. The van der Waals surface area contributed by atoms with Crippen LogP contribution in [0.2, 0.25) is 0 Å². The molecule has 0 saturated carbocycles. The number of ketones is 1. The minimum absolute atomic E-state index is 0.00431. The molecule has 0 aliphatic carbocycles. The quantitative estimate of drug-likeness (QED) is 0.590. The van der Waals surface area contributed by atoms with E-state index >= 15 is 0 Å². The summed E-state index contributed by atoms with van der Waals surface area (Å²) in [6.07, 6.45) is -0.00431. The van der Waals surface area contributed by atoms with Crippen molar-refractivity contribution < 1.29 is 18.8 Å². The molecular formula is C25H21FN2O3. The fourth-order valence-electron chi connectivity index (χ4n) is 3.83. The topological polar surface area (TPSA) is 66.5 Å². The Morgan fingerprint density at radius 1 is 1.03 bits per heavy atom. The highest BCUT2D eigenvalue weighted by Crippen LogP contribution is 2.33. The van der Waals surface area contributed by atoms with Crippen LogP contribution in [-0.2, 0) is 11.3 Å². The molecule has 1 heterocycles. The van der Waals surface area contributed by atoms with Gasteiger partial charge in [0.2, 0.25) is 5.91 Å². The Hall–Kier alpha value is -3.80. The largest absolute Gasteiger partial charge is 0.327 e. The van der Waals surface area contributed by atoms with Crippen LogP contribution in [0.4, 0.5) is 10.1 Å². The first-order valence-electron chi connectivity index (χ1n) is 9.97. The van der Waals surface area contributed by atoms with Gasteiger partial charge in [-0.1, -0.05) is 42.5 Å². The summed E-state index contributed by atoms with van der Waals surface area (Å²) in [4.78, 5) is 39.1. The maximum absolute atomic E-state index is 13.5. The monoisotopic (exact) mass is 416 g/mol. The molecule has 5 nitrogen and oxygen atoms in total. The molecule has 4 rings (SSSR count). The first-order valence-corrected chi connectivity index (χ1v) is 9.97. The van der Waals surface area contributed by atoms with Gasteiger partial charge in [0.25, 0.3) is 5.91 Å². The summed E-state index contributed by atoms with van der Waals surface area (Å²) in [6, 6.07) is 19.3. The Morgan fingerprint density at radius 3 is 2.48 bits per heavy atom. The number of Topliss-reactive ketones (excluding diaryl/α,β-unsaturated/α-hetero) is 1. The van der Waals surface area contributed by atoms with Crippen molar-refractivity contribution in [1.82, 2.24) is 4.90 Å². The molecule has 0 radical (unpaired) electrons. The highest BCUT2D eigenvalue weighted by Gasteiger charge is 2.34. The van der Waals surface area contributed by atoms with E-state index in [1.807, 2.05) is 18.2 Å². The average molecular weight is 416 g/mol. The van der Waals surface area contributed by atoms with Crippen LogP contribution in [-0.4, -0.2) is 22.5 Å². The lowest BCUT2D eigenvalue weighted by atomic mass is 10.0. The predicted molar refractivity (Wildman–Crippen MR) is 115 cm³/mol. The number of nitrogens with one attached hydrogen (secondary N) is 1. The van der Waals surface area contributed by atoms with Crippen molar-refractivity contribution in [2.45, 2.75) is 25.9 Å². The van der Waals surface area contributed by atoms with Gasteiger partial charge in [0.05, 0.1) is 12.5 Å². The van der Waals surface area contributed by atoms with Gasteiger partial charge in [-0.3, -0.25) is 14.4 Å². The highest BCUT2D eigenvalue weighted by molar-refractivity contribution is 6.00. The summed E-state index contributed by atoms with van der Waals surface area (Å²) in [5.74, 6) is -0.945. The van der Waals surface area contributed by atoms with Gasteiger partial charge < -0.3 is 10.2 Å². The van der Waals surface area contributed by atoms with Crippen molar-refractivity contribution in [1.29, 1.82) is 0 Å². The molecule has 156 valence electrons. The minimum Gasteiger partial charge on any atom is -0.327 e. The average Bonchev–Trinajstić information content (AvgIpc) is 3.09. The zero-order valence-corrected chi connectivity index (χ0v) is 17.0. The molecular weight excluding hydrogens is 395 g/mol. The van der Waals surface area contributed by atoms with Crippen molar-refractivity contribution in [3.8, 4) is 0 Å². The molecule has 0 saturated heterocycles. The summed E-state index contributed by atoms with van der Waals surface area (Å²) in [5.41, 5.74) is 3.19. The third-order valence-corrected chi connectivity index (χ3v) is 5.41. The zero-order chi connectivity index (χ0) is 22.0. The standard InChI is InChI=1S/C25H21FN2O3/c1-16(29)18-6-4-7-21(13-18)27-24(30)14-23(17-9-11-20(26)12-10-17)28-15-19-5-2-3-8-22(19)25(28)31/h2-13,23H,14-15H2,1H3,(H,27,30)/t23-/m1/s1. The van der Waals surface area contributed by atoms with Crippen LogP contribution in [0.15, 0.2) is 72.8 Å². The Kier molecular flexibility index (Phi) is 5.62. The summed E-state index contributed by atoms with van der Waals surface area (Å²) in [5, 5.41) is 2.81. The lowest BCUT2D eigenvalue weighted by Gasteiger charge is -2.28. The second kappa shape index (κ2) is 8.52. The van der Waals surface area contributed by atoms with Crippen LogP contribution in [0, 0.1) is 5.82 Å². The smallest absolute Gasteiger partial charge is 0.255 e. The van der Waals surface area contributed by atoms with E-state index in [0.717, 1.165) is 5.56 Å². The number of carbonyl (C=O) groups is 3. The number of rotatable bonds is 6. The maximum atomic E-state index is 13.5. The summed E-state index contributed by atoms with van der Waals surface area (Å²) in [7, 11) is 0. The minimum atomic E-state index is -0.559. The van der Waals surface area contributed by atoms with E-state index in [4.69, 9.17) is 0 Å². The van der Waals surface area contributed by atoms with Crippen molar-refractivity contribution in [2.24, 2.45) is 0 Å². The number of carbonyl (C=O) groups excluding carboxylic acids is 3. The summed E-state index contributed by atoms with van der Waals surface area (Å²) >= 11 is 0. The molecule has 0 spiro atoms. The zero-order valence-electron chi connectivity index (χ0n) is 17.0. The van der Waals surface area contributed by atoms with Gasteiger partial charge in [-0.15, -0.1) is 0 Å². The molecule has 1 aliphatic heterocycles. The molecule has 0 unspecified atom stereocenters. The van der Waals surface area contributed by atoms with E-state index in [1.54, 1.807) is 47.4 Å². The molecule has 2 amide bonds. The molecule has 6 heteroatoms. The van der Waals surface area contributed by atoms with E-state index in [2.05, 4.69) is 5.32 Å². The summed E-state index contributed by atoms with van der Waals surface area (Å²) in [6.45, 7) is 1.84. The summed E-state index contributed by atoms with van der Waals surface area (Å²) < 4.78 is 13.5. The fraction of sp³-hybridized carbons (Fsp3) is 0.160. The molecule has 3 aromatic carbocycles. The van der Waals surface area contributed by atoms with Crippen molar-refractivity contribution >= 4 is 23.3 Å². The number of amides is 2. The van der Waals surface area contributed by atoms with Gasteiger partial charge in [-0.25, -0.2) is 4.39 Å². The number of benzene rings is 3. The Morgan fingerprint density at radius 2 is 1.77 bits per heavy atom. The fourth-order valence-corrected chi connectivity index (χ4v) is 3.83. The van der Waals surface area contributed by atoms with Crippen LogP contribution in [0.25, 0.3) is 0 Å². The Bertz CT molecular complexity index is 1160. The predicted octanol–water partition coefficient (Wildman–Crippen LogP) is 4.75. The van der Waals surface area contributed by atoms with Crippen LogP contribution >= 0.6 is 0 Å². The lowest BCUT2D eigenvalue weighted by Crippen LogP contribution is -2.32. The van der Waals surface area contributed by atoms with Crippen LogP contribution in [0.5, 0.6) is 0 Å². The molecule has 0 fully saturated rings. The van der Waals surface area contributed by atoms with Gasteiger partial charge in [0.1, 0.15) is 5.82 Å². The number of fused-ring (bicyclic) bond motifs is 1. The maximum Gasteiger partial charge on any atom is 0.255 e. The van der Waals surface area contributed by atoms with Crippen LogP contribution < -0.4 is 5.32 Å². The number of anilines is 1. The van der Waals surface area contributed by atoms with Gasteiger partial charge in [0, 0.05) is 23.4 Å². The second-order valence-electron chi connectivity index (χ2n) is 7.55. The number of halogens is 1. The van der Waals surface area contributed by atoms with Crippen molar-refractivity contribution in [2.75, 3.05) is 5.32 Å². The normalized spacial score (nSPS) is 13.6. The van der Waals surface area contributed by atoms with E-state index in [-0.39, 0.29) is 29.8 Å². The Labute approximate surface area is 179 Å².